The number of benzene rings is 1. The molecule has 1 heterocycles. The van der Waals surface area contributed by atoms with Gasteiger partial charge in [0.15, 0.2) is 0 Å². The van der Waals surface area contributed by atoms with Crippen molar-refractivity contribution in [3.05, 3.63) is 42.1 Å². The lowest BCUT2D eigenvalue weighted by Crippen LogP contribution is -2.60. The standard InChI is InChI=1S/C21H27N3O/c1-13-17-10-15(21(17,2)3)11-18(13)23-20(25)16-12-22-24(4)19(16)14-8-6-5-7-9-14/h5-9,12-13,15,17-18H,10-11H2,1-4H3,(H,23,25)/t13-,15-,17-,18-/m1/s1. The average Bonchev–Trinajstić information content (AvgIpc) is 2.98. The van der Waals surface area contributed by atoms with Gasteiger partial charge in [-0.15, -0.1) is 0 Å². The summed E-state index contributed by atoms with van der Waals surface area (Å²) in [5.41, 5.74) is 3.00. The summed E-state index contributed by atoms with van der Waals surface area (Å²) in [7, 11) is 1.89. The van der Waals surface area contributed by atoms with Crippen LogP contribution in [0.1, 0.15) is 44.0 Å². The molecular weight excluding hydrogens is 310 g/mol. The van der Waals surface area contributed by atoms with E-state index in [0.29, 0.717) is 16.9 Å². The molecular formula is C21H27N3O. The molecule has 3 aliphatic rings. The molecule has 4 nitrogen and oxygen atoms in total. The van der Waals surface area contributed by atoms with Gasteiger partial charge in [0.1, 0.15) is 0 Å². The smallest absolute Gasteiger partial charge is 0.255 e. The van der Waals surface area contributed by atoms with Crippen LogP contribution in [0.15, 0.2) is 36.5 Å². The quantitative estimate of drug-likeness (QED) is 0.924. The number of nitrogens with one attached hydrogen (secondary N) is 1. The minimum Gasteiger partial charge on any atom is -0.349 e. The zero-order valence-electron chi connectivity index (χ0n) is 15.5. The van der Waals surface area contributed by atoms with Gasteiger partial charge in [0, 0.05) is 18.7 Å². The predicted molar refractivity (Wildman–Crippen MR) is 99.1 cm³/mol. The summed E-state index contributed by atoms with van der Waals surface area (Å²) in [5, 5.41) is 7.64. The van der Waals surface area contributed by atoms with E-state index in [0.717, 1.165) is 29.5 Å². The van der Waals surface area contributed by atoms with E-state index in [1.807, 2.05) is 37.4 Å². The average molecular weight is 337 g/mol. The summed E-state index contributed by atoms with van der Waals surface area (Å²) in [6, 6.07) is 10.3. The number of carbonyl (C=O) groups excluding carboxylic acids is 1. The van der Waals surface area contributed by atoms with Gasteiger partial charge in [-0.05, 0) is 36.0 Å². The lowest BCUT2D eigenvalue weighted by molar-refractivity contribution is -0.113. The molecule has 132 valence electrons. The second kappa shape index (κ2) is 5.72. The van der Waals surface area contributed by atoms with Crippen LogP contribution in [0.4, 0.5) is 0 Å². The van der Waals surface area contributed by atoms with Crippen LogP contribution in [0.5, 0.6) is 0 Å². The van der Waals surface area contributed by atoms with Gasteiger partial charge in [-0.3, -0.25) is 9.48 Å². The molecule has 1 amide bonds. The SMILES string of the molecule is C[C@@H]1[C@H]2C[C@H](C[C@H]1NC(=O)c1cnn(C)c1-c1ccccc1)C2(C)C. The van der Waals surface area contributed by atoms with Gasteiger partial charge in [0.2, 0.25) is 0 Å². The van der Waals surface area contributed by atoms with Crippen LogP contribution in [0.3, 0.4) is 0 Å². The van der Waals surface area contributed by atoms with Gasteiger partial charge in [0.25, 0.3) is 5.91 Å². The molecule has 25 heavy (non-hydrogen) atoms. The number of hydrogen-bond acceptors (Lipinski definition) is 2. The van der Waals surface area contributed by atoms with Gasteiger partial charge in [-0.2, -0.15) is 5.10 Å². The first-order chi connectivity index (χ1) is 11.9. The fourth-order valence-corrected chi connectivity index (χ4v) is 5.13. The summed E-state index contributed by atoms with van der Waals surface area (Å²) in [4.78, 5) is 13.0. The Bertz CT molecular complexity index is 793. The summed E-state index contributed by atoms with van der Waals surface area (Å²) in [6.45, 7) is 7.07. The molecule has 4 atom stereocenters. The van der Waals surface area contributed by atoms with Crippen molar-refractivity contribution in [2.24, 2.45) is 30.2 Å². The number of carbonyl (C=O) groups is 1. The van der Waals surface area contributed by atoms with Crippen molar-refractivity contribution < 1.29 is 4.79 Å². The van der Waals surface area contributed by atoms with Crippen LogP contribution in [0, 0.1) is 23.2 Å². The predicted octanol–water partition coefficient (Wildman–Crippen LogP) is 3.89. The Hall–Kier alpha value is -2.10. The highest BCUT2D eigenvalue weighted by Crippen LogP contribution is 2.61. The highest BCUT2D eigenvalue weighted by molar-refractivity contribution is 6.00. The third-order valence-electron chi connectivity index (χ3n) is 6.90. The van der Waals surface area contributed by atoms with Gasteiger partial charge in [-0.1, -0.05) is 51.1 Å². The van der Waals surface area contributed by atoms with E-state index >= 15 is 0 Å². The van der Waals surface area contributed by atoms with E-state index in [2.05, 4.69) is 31.2 Å². The van der Waals surface area contributed by atoms with Crippen molar-refractivity contribution >= 4 is 5.91 Å². The highest BCUT2D eigenvalue weighted by atomic mass is 16.1. The molecule has 5 rings (SSSR count). The topological polar surface area (TPSA) is 46.9 Å². The fourth-order valence-electron chi connectivity index (χ4n) is 5.13. The maximum absolute atomic E-state index is 13.0. The molecule has 2 bridgehead atoms. The van der Waals surface area contributed by atoms with Gasteiger partial charge in [-0.25, -0.2) is 0 Å². The van der Waals surface area contributed by atoms with Crippen molar-refractivity contribution in [3.8, 4) is 11.3 Å². The van der Waals surface area contributed by atoms with E-state index in [1.165, 1.54) is 6.42 Å². The Balaban J connectivity index is 1.56. The highest BCUT2D eigenvalue weighted by Gasteiger charge is 2.56. The minimum atomic E-state index is 0.00269. The van der Waals surface area contributed by atoms with Crippen LogP contribution in [-0.4, -0.2) is 21.7 Å². The Morgan fingerprint density at radius 1 is 1.24 bits per heavy atom. The van der Waals surface area contributed by atoms with Crippen LogP contribution < -0.4 is 5.32 Å². The number of fused-ring (bicyclic) bond motifs is 2. The van der Waals surface area contributed by atoms with Crippen molar-refractivity contribution in [3.63, 3.8) is 0 Å². The van der Waals surface area contributed by atoms with Crippen LogP contribution in [-0.2, 0) is 7.05 Å². The number of aryl methyl sites for hydroxylation is 1. The zero-order valence-corrected chi connectivity index (χ0v) is 15.5. The maximum Gasteiger partial charge on any atom is 0.255 e. The van der Waals surface area contributed by atoms with E-state index in [1.54, 1.807) is 10.9 Å². The number of amides is 1. The minimum absolute atomic E-state index is 0.00269. The normalized spacial score (nSPS) is 29.8. The van der Waals surface area contributed by atoms with Gasteiger partial charge in [0.05, 0.1) is 17.5 Å². The molecule has 0 radical (unpaired) electrons. The number of hydrogen-bond donors (Lipinski definition) is 1. The third-order valence-corrected chi connectivity index (χ3v) is 6.90. The van der Waals surface area contributed by atoms with Crippen LogP contribution in [0.25, 0.3) is 11.3 Å². The second-order valence-electron chi connectivity index (χ2n) is 8.43. The van der Waals surface area contributed by atoms with E-state index < -0.39 is 0 Å². The fraction of sp³-hybridized carbons (Fsp3) is 0.524. The molecule has 1 aromatic heterocycles. The van der Waals surface area contributed by atoms with Crippen molar-refractivity contribution in [1.82, 2.24) is 15.1 Å². The van der Waals surface area contributed by atoms with E-state index in [-0.39, 0.29) is 11.9 Å². The Kier molecular flexibility index (Phi) is 3.75. The molecule has 1 aromatic carbocycles. The summed E-state index contributed by atoms with van der Waals surface area (Å²) in [5.74, 6) is 1.99. The first kappa shape index (κ1) is 16.4. The first-order valence-corrected chi connectivity index (χ1v) is 9.28. The van der Waals surface area contributed by atoms with Crippen molar-refractivity contribution in [1.29, 1.82) is 0 Å². The maximum atomic E-state index is 13.0. The van der Waals surface area contributed by atoms with Crippen LogP contribution in [0.2, 0.25) is 0 Å². The summed E-state index contributed by atoms with van der Waals surface area (Å²) >= 11 is 0. The summed E-state index contributed by atoms with van der Waals surface area (Å²) in [6.07, 6.45) is 4.11. The zero-order chi connectivity index (χ0) is 17.8. The monoisotopic (exact) mass is 337 g/mol. The molecule has 4 heteroatoms. The van der Waals surface area contributed by atoms with Crippen molar-refractivity contribution in [2.75, 3.05) is 0 Å². The number of nitrogens with zero attached hydrogens (tertiary/aromatic N) is 2. The number of rotatable bonds is 3. The molecule has 0 aliphatic heterocycles. The molecule has 3 fully saturated rings. The van der Waals surface area contributed by atoms with Crippen molar-refractivity contribution in [2.45, 2.75) is 39.7 Å². The molecule has 3 aliphatic carbocycles. The van der Waals surface area contributed by atoms with Crippen LogP contribution >= 0.6 is 0 Å². The molecule has 3 saturated carbocycles. The number of aromatic nitrogens is 2. The second-order valence-corrected chi connectivity index (χ2v) is 8.43. The van der Waals surface area contributed by atoms with Gasteiger partial charge >= 0.3 is 0 Å². The lowest BCUT2D eigenvalue weighted by Gasteiger charge is -2.62. The van der Waals surface area contributed by atoms with E-state index in [9.17, 15) is 4.79 Å². The van der Waals surface area contributed by atoms with Gasteiger partial charge < -0.3 is 5.32 Å². The third kappa shape index (κ3) is 2.50. The molecule has 0 spiro atoms. The first-order valence-electron chi connectivity index (χ1n) is 9.28. The summed E-state index contributed by atoms with van der Waals surface area (Å²) < 4.78 is 1.79. The molecule has 0 unspecified atom stereocenters. The van der Waals surface area contributed by atoms with E-state index in [4.69, 9.17) is 0 Å². The molecule has 2 aromatic rings. The Morgan fingerprint density at radius 2 is 1.96 bits per heavy atom. The Morgan fingerprint density at radius 3 is 2.60 bits per heavy atom. The largest absolute Gasteiger partial charge is 0.349 e. The molecule has 1 N–H and O–H groups in total. The lowest BCUT2D eigenvalue weighted by atomic mass is 9.45. The molecule has 0 saturated heterocycles. The Labute approximate surface area is 149 Å².